The zero-order chi connectivity index (χ0) is 32.9. The van der Waals surface area contributed by atoms with E-state index in [9.17, 15) is 29.4 Å². The number of carbonyl (C=O) groups is 4. The average molecular weight is 623 g/mol. The van der Waals surface area contributed by atoms with Crippen LogP contribution in [0.1, 0.15) is 22.3 Å². The minimum atomic E-state index is -1.24. The maximum atomic E-state index is 13.8. The number of amides is 3. The fourth-order valence-electron chi connectivity index (χ4n) is 4.97. The third-order valence-corrected chi connectivity index (χ3v) is 7.46. The fraction of sp³-hybridized carbons (Fsp3) is 0.222. The van der Waals surface area contributed by atoms with E-state index in [1.165, 1.54) is 12.1 Å². The smallest absolute Gasteiger partial charge is 0.326 e. The van der Waals surface area contributed by atoms with Crippen LogP contribution in [0.15, 0.2) is 115 Å². The third-order valence-electron chi connectivity index (χ3n) is 7.46. The summed E-state index contributed by atoms with van der Waals surface area (Å²) in [6.07, 6.45) is 0.412. The molecule has 238 valence electrons. The molecule has 0 saturated carbocycles. The molecule has 0 fully saturated rings. The highest BCUT2D eigenvalue weighted by Crippen LogP contribution is 2.13. The third kappa shape index (κ3) is 10.3. The average Bonchev–Trinajstić information content (AvgIpc) is 3.06. The van der Waals surface area contributed by atoms with Gasteiger partial charge >= 0.3 is 5.97 Å². The molecule has 0 heterocycles. The minimum Gasteiger partial charge on any atom is -0.508 e. The Balaban J connectivity index is 1.55. The summed E-state index contributed by atoms with van der Waals surface area (Å²) in [7, 11) is 0. The van der Waals surface area contributed by atoms with Crippen molar-refractivity contribution in [3.05, 3.63) is 138 Å². The molecule has 3 amide bonds. The summed E-state index contributed by atoms with van der Waals surface area (Å²) >= 11 is 0. The van der Waals surface area contributed by atoms with Crippen molar-refractivity contribution in [3.8, 4) is 5.75 Å². The first-order valence-electron chi connectivity index (χ1n) is 15.0. The van der Waals surface area contributed by atoms with E-state index in [2.05, 4.69) is 16.0 Å². The molecule has 0 aromatic heterocycles. The topological polar surface area (TPSA) is 171 Å². The molecule has 0 radical (unpaired) electrons. The summed E-state index contributed by atoms with van der Waals surface area (Å²) in [4.78, 5) is 52.8. The van der Waals surface area contributed by atoms with Crippen LogP contribution in [0.4, 0.5) is 0 Å². The predicted octanol–water partition coefficient (Wildman–Crippen LogP) is 2.53. The zero-order valence-corrected chi connectivity index (χ0v) is 25.2. The number of carboxylic acid groups (broad SMARTS) is 1. The lowest BCUT2D eigenvalue weighted by Crippen LogP contribution is -2.58. The van der Waals surface area contributed by atoms with Gasteiger partial charge in [-0.3, -0.25) is 14.4 Å². The van der Waals surface area contributed by atoms with E-state index in [4.69, 9.17) is 5.73 Å². The monoisotopic (exact) mass is 622 g/mol. The molecule has 0 aliphatic carbocycles. The standard InChI is InChI=1S/C36H38N4O6/c37-29(20-24-10-4-1-5-11-24)33(42)38-30(22-27-16-18-28(41)19-17-27)34(43)39-31(21-25-12-6-2-7-13-25)35(44)40-32(36(45)46)23-26-14-8-3-9-15-26/h1-19,29-32,41H,20-23,37H2,(H,38,42)(H,39,43)(H,40,44)(H,45,46). The molecule has 4 unspecified atom stereocenters. The minimum absolute atomic E-state index is 0.0430. The molecule has 4 aromatic carbocycles. The maximum Gasteiger partial charge on any atom is 0.326 e. The van der Waals surface area contributed by atoms with Gasteiger partial charge in [-0.25, -0.2) is 4.79 Å². The highest BCUT2D eigenvalue weighted by Gasteiger charge is 2.31. The molecule has 4 aromatic rings. The normalized spacial score (nSPS) is 13.4. The molecule has 46 heavy (non-hydrogen) atoms. The van der Waals surface area contributed by atoms with Crippen LogP contribution < -0.4 is 21.7 Å². The lowest BCUT2D eigenvalue weighted by atomic mass is 10.0. The number of aliphatic carboxylic acids is 1. The molecule has 0 aliphatic heterocycles. The number of phenols is 1. The number of aromatic hydroxyl groups is 1. The SMILES string of the molecule is NC(Cc1ccccc1)C(=O)NC(Cc1ccc(O)cc1)C(=O)NC(Cc1ccccc1)C(=O)NC(Cc1ccccc1)C(=O)O. The van der Waals surface area contributed by atoms with Gasteiger partial charge in [-0.2, -0.15) is 0 Å². The molecular formula is C36H38N4O6. The molecule has 7 N–H and O–H groups in total. The van der Waals surface area contributed by atoms with Gasteiger partial charge in [0.05, 0.1) is 6.04 Å². The number of benzene rings is 4. The molecule has 0 bridgehead atoms. The molecule has 0 aliphatic rings. The molecule has 0 spiro atoms. The van der Waals surface area contributed by atoms with Crippen molar-refractivity contribution < 1.29 is 29.4 Å². The lowest BCUT2D eigenvalue weighted by Gasteiger charge is -2.25. The van der Waals surface area contributed by atoms with Crippen LogP contribution in [0.5, 0.6) is 5.75 Å². The van der Waals surface area contributed by atoms with E-state index in [1.807, 2.05) is 42.5 Å². The summed E-state index contributed by atoms with van der Waals surface area (Å²) in [5.41, 5.74) is 9.18. The van der Waals surface area contributed by atoms with Crippen molar-refractivity contribution in [2.24, 2.45) is 5.73 Å². The Hall–Kier alpha value is -5.48. The van der Waals surface area contributed by atoms with E-state index in [0.29, 0.717) is 5.56 Å². The molecule has 10 heteroatoms. The van der Waals surface area contributed by atoms with Gasteiger partial charge in [-0.15, -0.1) is 0 Å². The highest BCUT2D eigenvalue weighted by molar-refractivity contribution is 5.94. The second-order valence-electron chi connectivity index (χ2n) is 11.1. The van der Waals surface area contributed by atoms with Crippen LogP contribution >= 0.6 is 0 Å². The number of hydrogen-bond donors (Lipinski definition) is 6. The first kappa shape index (κ1) is 33.4. The Labute approximate surface area is 267 Å². The Kier molecular flexibility index (Phi) is 12.0. The quantitative estimate of drug-likeness (QED) is 0.118. The summed E-state index contributed by atoms with van der Waals surface area (Å²) in [5, 5.41) is 27.7. The largest absolute Gasteiger partial charge is 0.508 e. The van der Waals surface area contributed by atoms with E-state index >= 15 is 0 Å². The van der Waals surface area contributed by atoms with Crippen molar-refractivity contribution >= 4 is 23.7 Å². The zero-order valence-electron chi connectivity index (χ0n) is 25.2. The lowest BCUT2D eigenvalue weighted by molar-refractivity contribution is -0.142. The Morgan fingerprint density at radius 3 is 1.28 bits per heavy atom. The molecule has 10 nitrogen and oxygen atoms in total. The van der Waals surface area contributed by atoms with Crippen LogP contribution in [0.3, 0.4) is 0 Å². The molecular weight excluding hydrogens is 584 g/mol. The van der Waals surface area contributed by atoms with Gasteiger partial charge in [0.1, 0.15) is 23.9 Å². The summed E-state index contributed by atoms with van der Waals surface area (Å²) < 4.78 is 0. The maximum absolute atomic E-state index is 13.8. The van der Waals surface area contributed by atoms with Crippen LogP contribution in [0.2, 0.25) is 0 Å². The van der Waals surface area contributed by atoms with E-state index in [0.717, 1.165) is 16.7 Å². The van der Waals surface area contributed by atoms with Gasteiger partial charge < -0.3 is 31.9 Å². The van der Waals surface area contributed by atoms with Crippen LogP contribution in [0, 0.1) is 0 Å². The van der Waals surface area contributed by atoms with Crippen LogP contribution in [-0.4, -0.2) is 58.1 Å². The van der Waals surface area contributed by atoms with E-state index in [1.54, 1.807) is 60.7 Å². The molecule has 0 saturated heterocycles. The number of carboxylic acids is 1. The van der Waals surface area contributed by atoms with Crippen molar-refractivity contribution in [1.29, 1.82) is 0 Å². The summed E-state index contributed by atoms with van der Waals surface area (Å²) in [6.45, 7) is 0. The fourth-order valence-corrected chi connectivity index (χ4v) is 4.97. The predicted molar refractivity (Wildman–Crippen MR) is 174 cm³/mol. The number of nitrogens with one attached hydrogen (secondary N) is 3. The van der Waals surface area contributed by atoms with Gasteiger partial charge in [0.15, 0.2) is 0 Å². The van der Waals surface area contributed by atoms with E-state index in [-0.39, 0.29) is 31.4 Å². The Bertz CT molecular complexity index is 1580. The molecule has 4 rings (SSSR count). The number of hydrogen-bond acceptors (Lipinski definition) is 6. The van der Waals surface area contributed by atoms with Crippen LogP contribution in [0.25, 0.3) is 0 Å². The van der Waals surface area contributed by atoms with Crippen LogP contribution in [-0.2, 0) is 44.9 Å². The number of rotatable bonds is 15. The number of phenolic OH excluding ortho intramolecular Hbond substituents is 1. The van der Waals surface area contributed by atoms with Gasteiger partial charge in [0.2, 0.25) is 17.7 Å². The molecule has 4 atom stereocenters. The van der Waals surface area contributed by atoms with E-state index < -0.39 is 47.9 Å². The van der Waals surface area contributed by atoms with Crippen molar-refractivity contribution in [3.63, 3.8) is 0 Å². The van der Waals surface area contributed by atoms with Gasteiger partial charge in [0, 0.05) is 19.3 Å². The Morgan fingerprint density at radius 1 is 0.500 bits per heavy atom. The highest BCUT2D eigenvalue weighted by atomic mass is 16.4. The number of nitrogens with two attached hydrogens (primary N) is 1. The van der Waals surface area contributed by atoms with Crippen molar-refractivity contribution in [2.45, 2.75) is 49.9 Å². The second-order valence-corrected chi connectivity index (χ2v) is 11.1. The van der Waals surface area contributed by atoms with Gasteiger partial charge in [0.25, 0.3) is 0 Å². The van der Waals surface area contributed by atoms with Crippen molar-refractivity contribution in [2.75, 3.05) is 0 Å². The van der Waals surface area contributed by atoms with Gasteiger partial charge in [-0.1, -0.05) is 103 Å². The second kappa shape index (κ2) is 16.6. The number of carbonyl (C=O) groups excluding carboxylic acids is 3. The summed E-state index contributed by atoms with van der Waals surface area (Å²) in [6, 6.07) is 28.8. The van der Waals surface area contributed by atoms with Crippen molar-refractivity contribution in [1.82, 2.24) is 16.0 Å². The van der Waals surface area contributed by atoms with Gasteiger partial charge in [-0.05, 0) is 40.8 Å². The first-order chi connectivity index (χ1) is 22.2. The first-order valence-corrected chi connectivity index (χ1v) is 15.0. The Morgan fingerprint density at radius 2 is 0.848 bits per heavy atom. The summed E-state index contributed by atoms with van der Waals surface area (Å²) in [5.74, 6) is -3.07.